The molecule has 6 heteroatoms. The minimum absolute atomic E-state index is 0.160. The summed E-state index contributed by atoms with van der Waals surface area (Å²) in [7, 11) is 1.57. The summed E-state index contributed by atoms with van der Waals surface area (Å²) in [6.07, 6.45) is 3.10. The topological polar surface area (TPSA) is 71.1 Å². The molecule has 2 N–H and O–H groups in total. The van der Waals surface area contributed by atoms with Gasteiger partial charge in [-0.3, -0.25) is 9.59 Å². The first-order chi connectivity index (χ1) is 10.1. The van der Waals surface area contributed by atoms with Gasteiger partial charge in [-0.05, 0) is 37.3 Å². The van der Waals surface area contributed by atoms with Gasteiger partial charge in [0.25, 0.3) is 5.91 Å². The average molecular weight is 301 g/mol. The van der Waals surface area contributed by atoms with Crippen molar-refractivity contribution in [2.24, 2.45) is 0 Å². The molecule has 2 rings (SSSR count). The molecule has 5 nitrogen and oxygen atoms in total. The lowest BCUT2D eigenvalue weighted by atomic mass is 10.2. The number of rotatable bonds is 4. The lowest BCUT2D eigenvalue weighted by Crippen LogP contribution is -2.17. The number of carbonyl (C=O) groups is 2. The number of benzene rings is 1. The quantitative estimate of drug-likeness (QED) is 0.852. The maximum atomic E-state index is 11.8. The van der Waals surface area contributed by atoms with E-state index >= 15 is 0 Å². The Balaban J connectivity index is 1.96. The van der Waals surface area contributed by atoms with Gasteiger partial charge in [0.05, 0.1) is 10.7 Å². The van der Waals surface area contributed by atoms with Gasteiger partial charge in [0, 0.05) is 29.8 Å². The molecule has 0 radical (unpaired) electrons. The Morgan fingerprint density at radius 1 is 1.24 bits per heavy atom. The van der Waals surface area contributed by atoms with Crippen LogP contribution in [0.3, 0.4) is 0 Å². The zero-order chi connectivity index (χ0) is 15.2. The number of carbonyl (C=O) groups excluding carboxylic acids is 2. The normalized spacial score (nSPS) is 10.6. The summed E-state index contributed by atoms with van der Waals surface area (Å²) < 4.78 is 0. The van der Waals surface area contributed by atoms with E-state index in [1.807, 2.05) is 12.3 Å². The monoisotopic (exact) mass is 301 g/mol. The summed E-state index contributed by atoms with van der Waals surface area (Å²) in [6.45, 7) is 1.91. The molecule has 0 saturated heterocycles. The van der Waals surface area contributed by atoms with Gasteiger partial charge in [-0.15, -0.1) is 11.3 Å². The minimum atomic E-state index is -0.242. The lowest BCUT2D eigenvalue weighted by Gasteiger charge is -2.03. The number of aryl methyl sites for hydroxylation is 1. The Labute approximate surface area is 126 Å². The van der Waals surface area contributed by atoms with Crippen LogP contribution in [-0.4, -0.2) is 23.8 Å². The fourth-order valence-electron chi connectivity index (χ4n) is 1.65. The Kier molecular flexibility index (Phi) is 4.84. The van der Waals surface area contributed by atoms with Crippen LogP contribution in [0, 0.1) is 6.92 Å². The molecule has 108 valence electrons. The summed E-state index contributed by atoms with van der Waals surface area (Å²) in [5.74, 6) is -0.403. The second kappa shape index (κ2) is 6.81. The lowest BCUT2D eigenvalue weighted by molar-refractivity contribution is -0.111. The summed E-state index contributed by atoms with van der Waals surface area (Å²) in [4.78, 5) is 27.4. The highest BCUT2D eigenvalue weighted by Crippen LogP contribution is 2.11. The van der Waals surface area contributed by atoms with Gasteiger partial charge in [-0.25, -0.2) is 4.98 Å². The third-order valence-corrected chi connectivity index (χ3v) is 3.48. The SMILES string of the molecule is CNC(=O)c1ccc(NC(=O)/C=C/c2csc(C)n2)cc1. The second-order valence-electron chi connectivity index (χ2n) is 4.27. The molecule has 0 fully saturated rings. The first kappa shape index (κ1) is 14.9. The number of hydrogen-bond acceptors (Lipinski definition) is 4. The summed E-state index contributed by atoms with van der Waals surface area (Å²) in [5, 5.41) is 8.10. The predicted octanol–water partition coefficient (Wildman–Crippen LogP) is 2.46. The van der Waals surface area contributed by atoms with E-state index < -0.39 is 0 Å². The molecule has 21 heavy (non-hydrogen) atoms. The summed E-state index contributed by atoms with van der Waals surface area (Å²) in [6, 6.07) is 6.68. The molecule has 0 atom stereocenters. The van der Waals surface area contributed by atoms with E-state index in [0.29, 0.717) is 11.3 Å². The second-order valence-corrected chi connectivity index (χ2v) is 5.33. The number of hydrogen-bond donors (Lipinski definition) is 2. The van der Waals surface area contributed by atoms with Crippen molar-refractivity contribution in [3.8, 4) is 0 Å². The van der Waals surface area contributed by atoms with Crippen LogP contribution in [0.25, 0.3) is 6.08 Å². The number of nitrogens with zero attached hydrogens (tertiary/aromatic N) is 1. The van der Waals surface area contributed by atoms with Crippen molar-refractivity contribution in [3.63, 3.8) is 0 Å². The third kappa shape index (κ3) is 4.25. The van der Waals surface area contributed by atoms with Crippen molar-refractivity contribution >= 4 is 34.9 Å². The van der Waals surface area contributed by atoms with Crippen molar-refractivity contribution in [2.75, 3.05) is 12.4 Å². The van der Waals surface area contributed by atoms with Crippen LogP contribution in [0.1, 0.15) is 21.1 Å². The van der Waals surface area contributed by atoms with Crippen LogP contribution < -0.4 is 10.6 Å². The van der Waals surface area contributed by atoms with E-state index in [1.165, 1.54) is 17.4 Å². The number of anilines is 1. The van der Waals surface area contributed by atoms with Crippen molar-refractivity contribution in [1.82, 2.24) is 10.3 Å². The zero-order valence-electron chi connectivity index (χ0n) is 11.7. The summed E-state index contributed by atoms with van der Waals surface area (Å²) >= 11 is 1.53. The van der Waals surface area contributed by atoms with Gasteiger partial charge in [-0.1, -0.05) is 0 Å². The highest BCUT2D eigenvalue weighted by atomic mass is 32.1. The van der Waals surface area contributed by atoms with Gasteiger partial charge in [-0.2, -0.15) is 0 Å². The van der Waals surface area contributed by atoms with E-state index in [-0.39, 0.29) is 11.8 Å². The molecule has 0 aliphatic carbocycles. The molecular weight excluding hydrogens is 286 g/mol. The fourth-order valence-corrected chi connectivity index (χ4v) is 2.23. The van der Waals surface area contributed by atoms with Gasteiger partial charge in [0.15, 0.2) is 0 Å². The molecule has 2 amide bonds. The highest BCUT2D eigenvalue weighted by molar-refractivity contribution is 7.09. The van der Waals surface area contributed by atoms with Gasteiger partial charge >= 0.3 is 0 Å². The van der Waals surface area contributed by atoms with Crippen LogP contribution in [0.4, 0.5) is 5.69 Å². The molecule has 2 aromatic rings. The van der Waals surface area contributed by atoms with Crippen LogP contribution in [-0.2, 0) is 4.79 Å². The molecule has 1 aromatic carbocycles. The third-order valence-electron chi connectivity index (χ3n) is 2.68. The number of aromatic nitrogens is 1. The van der Waals surface area contributed by atoms with Crippen molar-refractivity contribution in [1.29, 1.82) is 0 Å². The van der Waals surface area contributed by atoms with Gasteiger partial charge in [0.2, 0.25) is 5.91 Å². The van der Waals surface area contributed by atoms with Gasteiger partial charge in [0.1, 0.15) is 0 Å². The Morgan fingerprint density at radius 2 is 1.95 bits per heavy atom. The molecule has 0 bridgehead atoms. The first-order valence-electron chi connectivity index (χ1n) is 6.32. The van der Waals surface area contributed by atoms with Crippen LogP contribution in [0.15, 0.2) is 35.7 Å². The Bertz CT molecular complexity index is 674. The highest BCUT2D eigenvalue weighted by Gasteiger charge is 2.03. The van der Waals surface area contributed by atoms with Crippen molar-refractivity contribution in [2.45, 2.75) is 6.92 Å². The molecule has 0 aliphatic rings. The van der Waals surface area contributed by atoms with E-state index in [0.717, 1.165) is 10.7 Å². The standard InChI is InChI=1S/C15H15N3O2S/c1-10-17-13(9-21-10)7-8-14(19)18-12-5-3-11(4-6-12)15(20)16-2/h3-9H,1-2H3,(H,16,20)(H,18,19)/b8-7+. The number of thiazole rings is 1. The minimum Gasteiger partial charge on any atom is -0.355 e. The summed E-state index contributed by atoms with van der Waals surface area (Å²) in [5.41, 5.74) is 1.94. The molecule has 0 saturated carbocycles. The van der Waals surface area contributed by atoms with E-state index in [2.05, 4.69) is 15.6 Å². The molecule has 0 unspecified atom stereocenters. The Morgan fingerprint density at radius 3 is 2.52 bits per heavy atom. The molecule has 1 aromatic heterocycles. The van der Waals surface area contributed by atoms with E-state index in [1.54, 1.807) is 37.4 Å². The smallest absolute Gasteiger partial charge is 0.251 e. The van der Waals surface area contributed by atoms with Crippen LogP contribution >= 0.6 is 11.3 Å². The maximum Gasteiger partial charge on any atom is 0.251 e. The van der Waals surface area contributed by atoms with Crippen LogP contribution in [0.2, 0.25) is 0 Å². The molecular formula is C15H15N3O2S. The first-order valence-corrected chi connectivity index (χ1v) is 7.20. The molecule has 1 heterocycles. The largest absolute Gasteiger partial charge is 0.355 e. The number of nitrogens with one attached hydrogen (secondary N) is 2. The van der Waals surface area contributed by atoms with Crippen molar-refractivity contribution in [3.05, 3.63) is 52.0 Å². The Hall–Kier alpha value is -2.47. The maximum absolute atomic E-state index is 11.8. The average Bonchev–Trinajstić information content (AvgIpc) is 2.91. The number of amides is 2. The predicted molar refractivity (Wildman–Crippen MR) is 84.3 cm³/mol. The zero-order valence-corrected chi connectivity index (χ0v) is 12.5. The molecule has 0 spiro atoms. The van der Waals surface area contributed by atoms with Crippen molar-refractivity contribution < 1.29 is 9.59 Å². The van der Waals surface area contributed by atoms with E-state index in [9.17, 15) is 9.59 Å². The molecule has 0 aliphatic heterocycles. The van der Waals surface area contributed by atoms with Gasteiger partial charge < -0.3 is 10.6 Å². The van der Waals surface area contributed by atoms with Crippen LogP contribution in [0.5, 0.6) is 0 Å². The van der Waals surface area contributed by atoms with E-state index in [4.69, 9.17) is 0 Å². The fraction of sp³-hybridized carbons (Fsp3) is 0.133.